The van der Waals surface area contributed by atoms with Gasteiger partial charge in [-0.2, -0.15) is 0 Å². The van der Waals surface area contributed by atoms with Crippen LogP contribution in [0.3, 0.4) is 0 Å². The van der Waals surface area contributed by atoms with Crippen molar-refractivity contribution >= 4 is 22.9 Å². The van der Waals surface area contributed by atoms with Gasteiger partial charge in [0.05, 0.1) is 4.34 Å². The average Bonchev–Trinajstić information content (AvgIpc) is 2.46. The lowest BCUT2D eigenvalue weighted by Crippen LogP contribution is -2.13. The van der Waals surface area contributed by atoms with Crippen LogP contribution in [0.25, 0.3) is 0 Å². The van der Waals surface area contributed by atoms with Gasteiger partial charge in [-0.1, -0.05) is 32.4 Å². The maximum Gasteiger partial charge on any atom is 0.0931 e. The normalized spacial score (nSPS) is 14.4. The zero-order valence-electron chi connectivity index (χ0n) is 9.01. The van der Waals surface area contributed by atoms with Crippen LogP contribution in [0, 0.1) is 5.41 Å². The Morgan fingerprint density at radius 1 is 1.43 bits per heavy atom. The average molecular weight is 232 g/mol. The molecule has 0 saturated heterocycles. The molecular weight excluding hydrogens is 214 g/mol. The van der Waals surface area contributed by atoms with Gasteiger partial charge < -0.3 is 5.73 Å². The Morgan fingerprint density at radius 2 is 2.07 bits per heavy atom. The summed E-state index contributed by atoms with van der Waals surface area (Å²) >= 11 is 7.44. The molecule has 0 aliphatic heterocycles. The van der Waals surface area contributed by atoms with Gasteiger partial charge in [0.25, 0.3) is 0 Å². The molecule has 0 spiro atoms. The van der Waals surface area contributed by atoms with Crippen molar-refractivity contribution in [1.29, 1.82) is 0 Å². The third kappa shape index (κ3) is 3.99. The molecule has 1 aromatic rings. The van der Waals surface area contributed by atoms with Gasteiger partial charge in [0.2, 0.25) is 0 Å². The van der Waals surface area contributed by atoms with Gasteiger partial charge in [-0.15, -0.1) is 11.3 Å². The second kappa shape index (κ2) is 4.65. The third-order valence-electron chi connectivity index (χ3n) is 2.16. The molecule has 0 amide bonds. The molecule has 0 aliphatic rings. The van der Waals surface area contributed by atoms with Crippen LogP contribution in [-0.4, -0.2) is 0 Å². The fraction of sp³-hybridized carbons (Fsp3) is 0.636. The topological polar surface area (TPSA) is 26.0 Å². The number of thiophene rings is 1. The van der Waals surface area contributed by atoms with Crippen molar-refractivity contribution in [1.82, 2.24) is 0 Å². The summed E-state index contributed by atoms with van der Waals surface area (Å²) in [5.74, 6) is 0. The van der Waals surface area contributed by atoms with Crippen LogP contribution in [0.4, 0.5) is 0 Å². The zero-order valence-corrected chi connectivity index (χ0v) is 10.6. The predicted molar refractivity (Wildman–Crippen MR) is 64.9 cm³/mol. The molecule has 14 heavy (non-hydrogen) atoms. The van der Waals surface area contributed by atoms with E-state index in [9.17, 15) is 0 Å². The van der Waals surface area contributed by atoms with Gasteiger partial charge >= 0.3 is 0 Å². The van der Waals surface area contributed by atoms with Crippen LogP contribution in [0.5, 0.6) is 0 Å². The van der Waals surface area contributed by atoms with Gasteiger partial charge in [-0.25, -0.2) is 0 Å². The van der Waals surface area contributed by atoms with Crippen molar-refractivity contribution in [3.63, 3.8) is 0 Å². The molecule has 1 heterocycles. The van der Waals surface area contributed by atoms with Crippen molar-refractivity contribution in [3.05, 3.63) is 21.3 Å². The van der Waals surface area contributed by atoms with Crippen molar-refractivity contribution in [2.24, 2.45) is 11.1 Å². The molecule has 1 atom stereocenters. The highest BCUT2D eigenvalue weighted by Crippen LogP contribution is 2.31. The van der Waals surface area contributed by atoms with Crippen LogP contribution in [-0.2, 0) is 0 Å². The molecule has 0 radical (unpaired) electrons. The fourth-order valence-corrected chi connectivity index (χ4v) is 2.36. The summed E-state index contributed by atoms with van der Waals surface area (Å²) < 4.78 is 0.825. The smallest absolute Gasteiger partial charge is 0.0931 e. The van der Waals surface area contributed by atoms with Crippen LogP contribution >= 0.6 is 22.9 Å². The monoisotopic (exact) mass is 231 g/mol. The van der Waals surface area contributed by atoms with E-state index in [0.717, 1.165) is 17.2 Å². The van der Waals surface area contributed by atoms with Gasteiger partial charge in [-0.3, -0.25) is 0 Å². The molecule has 1 unspecified atom stereocenters. The fourth-order valence-electron chi connectivity index (χ4n) is 1.26. The van der Waals surface area contributed by atoms with Crippen LogP contribution in [0.2, 0.25) is 4.34 Å². The minimum absolute atomic E-state index is 0.145. The van der Waals surface area contributed by atoms with Crippen molar-refractivity contribution in [2.45, 2.75) is 39.7 Å². The van der Waals surface area contributed by atoms with Crippen molar-refractivity contribution in [2.75, 3.05) is 0 Å². The standard InChI is InChI=1S/C11H18ClNS/c1-11(2,3)7-6-8(13)9-4-5-10(12)14-9/h4-5,8H,6-7,13H2,1-3H3. The first-order chi connectivity index (χ1) is 6.38. The highest BCUT2D eigenvalue weighted by molar-refractivity contribution is 7.16. The molecule has 1 aromatic heterocycles. The number of halogens is 1. The van der Waals surface area contributed by atoms with Crippen LogP contribution in [0.1, 0.15) is 44.5 Å². The molecule has 0 fully saturated rings. The highest BCUT2D eigenvalue weighted by Gasteiger charge is 2.14. The van der Waals surface area contributed by atoms with E-state index in [1.807, 2.05) is 12.1 Å². The Balaban J connectivity index is 2.47. The Hall–Kier alpha value is -0.0500. The molecule has 0 saturated carbocycles. The van der Waals surface area contributed by atoms with E-state index in [4.69, 9.17) is 17.3 Å². The quantitative estimate of drug-likeness (QED) is 0.828. The minimum Gasteiger partial charge on any atom is -0.323 e. The summed E-state index contributed by atoms with van der Waals surface area (Å²) in [6, 6.07) is 4.09. The van der Waals surface area contributed by atoms with Crippen LogP contribution < -0.4 is 5.73 Å². The summed E-state index contributed by atoms with van der Waals surface area (Å²) in [5, 5.41) is 0. The molecule has 1 rings (SSSR count). The van der Waals surface area contributed by atoms with E-state index >= 15 is 0 Å². The number of hydrogen-bond donors (Lipinski definition) is 1. The molecule has 80 valence electrons. The van der Waals surface area contributed by atoms with Gasteiger partial charge in [0.15, 0.2) is 0 Å². The molecule has 0 aromatic carbocycles. The molecule has 2 N–H and O–H groups in total. The summed E-state index contributed by atoms with van der Waals surface area (Å²) in [5.41, 5.74) is 6.43. The van der Waals surface area contributed by atoms with Crippen LogP contribution in [0.15, 0.2) is 12.1 Å². The number of hydrogen-bond acceptors (Lipinski definition) is 2. The Morgan fingerprint density at radius 3 is 2.50 bits per heavy atom. The molecular formula is C11H18ClNS. The maximum absolute atomic E-state index is 6.07. The second-order valence-electron chi connectivity index (χ2n) is 4.85. The summed E-state index contributed by atoms with van der Waals surface area (Å²) in [6.07, 6.45) is 2.17. The Labute approximate surface area is 95.3 Å². The first kappa shape index (κ1) is 12.0. The van der Waals surface area contributed by atoms with E-state index < -0.39 is 0 Å². The summed E-state index contributed by atoms with van der Waals surface area (Å²) in [6.45, 7) is 6.71. The Bertz CT molecular complexity index is 288. The molecule has 0 bridgehead atoms. The second-order valence-corrected chi connectivity index (χ2v) is 6.59. The molecule has 1 nitrogen and oxygen atoms in total. The minimum atomic E-state index is 0.145. The lowest BCUT2D eigenvalue weighted by atomic mass is 9.88. The third-order valence-corrected chi connectivity index (χ3v) is 3.53. The van der Waals surface area contributed by atoms with Gasteiger partial charge in [0, 0.05) is 10.9 Å². The first-order valence-corrected chi connectivity index (χ1v) is 6.09. The van der Waals surface area contributed by atoms with Crippen molar-refractivity contribution in [3.8, 4) is 0 Å². The lowest BCUT2D eigenvalue weighted by Gasteiger charge is -2.20. The first-order valence-electron chi connectivity index (χ1n) is 4.89. The van der Waals surface area contributed by atoms with Crippen molar-refractivity contribution < 1.29 is 0 Å². The van der Waals surface area contributed by atoms with E-state index in [-0.39, 0.29) is 6.04 Å². The SMILES string of the molecule is CC(C)(C)CCC(N)c1ccc(Cl)s1. The van der Waals surface area contributed by atoms with Gasteiger partial charge in [0.1, 0.15) is 0 Å². The van der Waals surface area contributed by atoms with E-state index in [0.29, 0.717) is 5.41 Å². The lowest BCUT2D eigenvalue weighted by molar-refractivity contribution is 0.351. The van der Waals surface area contributed by atoms with E-state index in [1.54, 1.807) is 11.3 Å². The molecule has 0 aliphatic carbocycles. The Kier molecular flexibility index (Phi) is 3.99. The van der Waals surface area contributed by atoms with E-state index in [1.165, 1.54) is 4.88 Å². The van der Waals surface area contributed by atoms with Gasteiger partial charge in [-0.05, 0) is 30.4 Å². The predicted octanol–water partition coefficient (Wildman–Crippen LogP) is 4.23. The number of rotatable bonds is 3. The number of nitrogens with two attached hydrogens (primary N) is 1. The molecule has 3 heteroatoms. The van der Waals surface area contributed by atoms with E-state index in [2.05, 4.69) is 20.8 Å². The maximum atomic E-state index is 6.07. The summed E-state index contributed by atoms with van der Waals surface area (Å²) in [7, 11) is 0. The zero-order chi connectivity index (χ0) is 10.8. The largest absolute Gasteiger partial charge is 0.323 e. The summed E-state index contributed by atoms with van der Waals surface area (Å²) in [4.78, 5) is 1.19. The highest BCUT2D eigenvalue weighted by atomic mass is 35.5.